The van der Waals surface area contributed by atoms with Crippen LogP contribution in [0.5, 0.6) is 0 Å². The smallest absolute Gasteiger partial charge is 0.00768 e. The second-order valence-electron chi connectivity index (χ2n) is 4.97. The van der Waals surface area contributed by atoms with Crippen molar-refractivity contribution in [3.63, 3.8) is 0 Å². The van der Waals surface area contributed by atoms with Gasteiger partial charge in [-0.25, -0.2) is 0 Å². The van der Waals surface area contributed by atoms with Crippen molar-refractivity contribution in [1.82, 2.24) is 4.90 Å². The molecule has 0 aliphatic carbocycles. The van der Waals surface area contributed by atoms with E-state index in [-0.39, 0.29) is 0 Å². The zero-order valence-electron chi connectivity index (χ0n) is 10.1. The highest BCUT2D eigenvalue weighted by Crippen LogP contribution is 2.27. The number of hydrogen-bond acceptors (Lipinski definition) is 2. The van der Waals surface area contributed by atoms with E-state index >= 15 is 0 Å². The average Bonchev–Trinajstić information content (AvgIpc) is 2.08. The van der Waals surface area contributed by atoms with Crippen LogP contribution in [0, 0.1) is 11.3 Å². The Morgan fingerprint density at radius 1 is 1.36 bits per heavy atom. The molecule has 0 rings (SSSR count). The van der Waals surface area contributed by atoms with Crippen molar-refractivity contribution < 1.29 is 0 Å². The Bertz CT molecular complexity index is 145. The molecule has 0 aliphatic heterocycles. The Morgan fingerprint density at radius 3 is 2.29 bits per heavy atom. The lowest BCUT2D eigenvalue weighted by molar-refractivity contribution is 0.193. The molecule has 1 unspecified atom stereocenters. The van der Waals surface area contributed by atoms with Crippen LogP contribution in [0.2, 0.25) is 0 Å². The van der Waals surface area contributed by atoms with Gasteiger partial charge in [-0.05, 0) is 24.6 Å². The van der Waals surface area contributed by atoms with Crippen molar-refractivity contribution in [2.75, 3.05) is 37.5 Å². The van der Waals surface area contributed by atoms with Gasteiger partial charge in [-0.15, -0.1) is 0 Å². The molecule has 0 saturated carbocycles. The maximum Gasteiger partial charge on any atom is 0.00768 e. The first-order valence-corrected chi connectivity index (χ1v) is 7.66. The molecule has 0 N–H and O–H groups in total. The zero-order chi connectivity index (χ0) is 11.2. The Balaban J connectivity index is 3.93. The van der Waals surface area contributed by atoms with E-state index in [4.69, 9.17) is 0 Å². The third-order valence-electron chi connectivity index (χ3n) is 2.62. The zero-order valence-corrected chi connectivity index (χ0v) is 12.5. The molecular formula is C11H24BrNS. The van der Waals surface area contributed by atoms with E-state index in [0.717, 1.165) is 11.2 Å². The summed E-state index contributed by atoms with van der Waals surface area (Å²) in [6.45, 7) is 9.35. The van der Waals surface area contributed by atoms with Crippen LogP contribution in [-0.2, 0) is 0 Å². The number of alkyl halides is 1. The number of halogens is 1. The minimum absolute atomic E-state index is 0.400. The van der Waals surface area contributed by atoms with Gasteiger partial charge in [-0.2, -0.15) is 11.8 Å². The number of hydrogen-bond donors (Lipinski definition) is 0. The fraction of sp³-hybridized carbons (Fsp3) is 1.00. The maximum atomic E-state index is 3.62. The van der Waals surface area contributed by atoms with Crippen LogP contribution in [0.15, 0.2) is 0 Å². The van der Waals surface area contributed by atoms with Gasteiger partial charge in [0.05, 0.1) is 0 Å². The van der Waals surface area contributed by atoms with Crippen molar-refractivity contribution in [1.29, 1.82) is 0 Å². The van der Waals surface area contributed by atoms with Gasteiger partial charge in [0.1, 0.15) is 0 Å². The molecule has 0 aromatic rings. The molecule has 1 atom stereocenters. The summed E-state index contributed by atoms with van der Waals surface area (Å²) < 4.78 is 0. The first kappa shape index (κ1) is 14.8. The molecule has 0 aromatic heterocycles. The topological polar surface area (TPSA) is 3.24 Å². The van der Waals surface area contributed by atoms with Crippen molar-refractivity contribution in [2.45, 2.75) is 20.8 Å². The van der Waals surface area contributed by atoms with Crippen LogP contribution in [0.4, 0.5) is 0 Å². The summed E-state index contributed by atoms with van der Waals surface area (Å²) in [5.41, 5.74) is 0.400. The normalized spacial score (nSPS) is 14.8. The van der Waals surface area contributed by atoms with E-state index < -0.39 is 0 Å². The summed E-state index contributed by atoms with van der Waals surface area (Å²) in [7, 11) is 2.22. The van der Waals surface area contributed by atoms with Gasteiger partial charge >= 0.3 is 0 Å². The molecule has 86 valence electrons. The van der Waals surface area contributed by atoms with E-state index in [1.807, 2.05) is 11.8 Å². The van der Waals surface area contributed by atoms with Crippen LogP contribution < -0.4 is 0 Å². The second kappa shape index (κ2) is 7.13. The van der Waals surface area contributed by atoms with E-state index in [9.17, 15) is 0 Å². The fourth-order valence-corrected chi connectivity index (χ4v) is 2.94. The maximum absolute atomic E-state index is 3.62. The van der Waals surface area contributed by atoms with Crippen molar-refractivity contribution in [3.8, 4) is 0 Å². The standard InChI is InChI=1S/C11H24BrNS/c1-11(2,3)10(8-12)9-13(4)6-7-14-5/h10H,6-9H2,1-5H3. The Morgan fingerprint density at radius 2 is 1.93 bits per heavy atom. The minimum atomic E-state index is 0.400. The predicted octanol–water partition coefficient (Wildman–Crippen LogP) is 3.34. The van der Waals surface area contributed by atoms with Gasteiger partial charge in [-0.1, -0.05) is 36.7 Å². The summed E-state index contributed by atoms with van der Waals surface area (Å²) in [6, 6.07) is 0. The molecule has 3 heteroatoms. The van der Waals surface area contributed by atoms with Crippen LogP contribution in [0.3, 0.4) is 0 Å². The summed E-state index contributed by atoms with van der Waals surface area (Å²) >= 11 is 5.54. The highest BCUT2D eigenvalue weighted by molar-refractivity contribution is 9.09. The summed E-state index contributed by atoms with van der Waals surface area (Å²) in [5.74, 6) is 1.96. The van der Waals surface area contributed by atoms with E-state index in [1.54, 1.807) is 0 Å². The first-order valence-electron chi connectivity index (χ1n) is 5.15. The molecule has 1 nitrogen and oxygen atoms in total. The lowest BCUT2D eigenvalue weighted by Crippen LogP contribution is -2.35. The van der Waals surface area contributed by atoms with Gasteiger partial charge in [0.2, 0.25) is 0 Å². The third-order valence-corrected chi connectivity index (χ3v) is 3.99. The lowest BCUT2D eigenvalue weighted by Gasteiger charge is -2.32. The van der Waals surface area contributed by atoms with Gasteiger partial charge in [0.15, 0.2) is 0 Å². The number of thioether (sulfide) groups is 1. The monoisotopic (exact) mass is 281 g/mol. The van der Waals surface area contributed by atoms with Gasteiger partial charge in [-0.3, -0.25) is 0 Å². The molecule has 0 amide bonds. The Kier molecular flexibility index (Phi) is 7.53. The fourth-order valence-electron chi connectivity index (χ4n) is 1.27. The molecular weight excluding hydrogens is 258 g/mol. The molecule has 0 spiro atoms. The van der Waals surface area contributed by atoms with E-state index in [1.165, 1.54) is 18.8 Å². The van der Waals surface area contributed by atoms with E-state index in [2.05, 4.69) is 54.9 Å². The highest BCUT2D eigenvalue weighted by atomic mass is 79.9. The number of nitrogens with zero attached hydrogens (tertiary/aromatic N) is 1. The van der Waals surface area contributed by atoms with Gasteiger partial charge < -0.3 is 4.90 Å². The quantitative estimate of drug-likeness (QED) is 0.687. The SMILES string of the molecule is CSCCN(C)CC(CBr)C(C)(C)C. The summed E-state index contributed by atoms with van der Waals surface area (Å²) in [5, 5.41) is 1.10. The van der Waals surface area contributed by atoms with Crippen LogP contribution in [0.25, 0.3) is 0 Å². The molecule has 0 heterocycles. The molecule has 0 bridgehead atoms. The average molecular weight is 282 g/mol. The van der Waals surface area contributed by atoms with Gasteiger partial charge in [0, 0.05) is 24.2 Å². The molecule has 0 aromatic carbocycles. The van der Waals surface area contributed by atoms with Crippen molar-refractivity contribution in [3.05, 3.63) is 0 Å². The molecule has 14 heavy (non-hydrogen) atoms. The third kappa shape index (κ3) is 6.31. The summed E-state index contributed by atoms with van der Waals surface area (Å²) in [4.78, 5) is 2.44. The van der Waals surface area contributed by atoms with Crippen LogP contribution >= 0.6 is 27.7 Å². The molecule has 0 saturated heterocycles. The second-order valence-corrected chi connectivity index (χ2v) is 6.61. The predicted molar refractivity (Wildman–Crippen MR) is 72.6 cm³/mol. The van der Waals surface area contributed by atoms with Crippen molar-refractivity contribution in [2.24, 2.45) is 11.3 Å². The minimum Gasteiger partial charge on any atom is -0.305 e. The van der Waals surface area contributed by atoms with Crippen LogP contribution in [0.1, 0.15) is 20.8 Å². The Hall–Kier alpha value is 0.790. The molecule has 0 aliphatic rings. The molecule has 0 radical (unpaired) electrons. The lowest BCUT2D eigenvalue weighted by atomic mass is 9.82. The highest BCUT2D eigenvalue weighted by Gasteiger charge is 2.24. The van der Waals surface area contributed by atoms with E-state index in [0.29, 0.717) is 5.41 Å². The molecule has 0 fully saturated rings. The first-order chi connectivity index (χ1) is 6.41. The van der Waals surface area contributed by atoms with Gasteiger partial charge in [0.25, 0.3) is 0 Å². The van der Waals surface area contributed by atoms with Crippen molar-refractivity contribution >= 4 is 27.7 Å². The largest absolute Gasteiger partial charge is 0.305 e. The van der Waals surface area contributed by atoms with Crippen LogP contribution in [-0.4, -0.2) is 42.4 Å². The summed E-state index contributed by atoms with van der Waals surface area (Å²) in [6.07, 6.45) is 2.17. The number of rotatable bonds is 6. The Labute approximate surface area is 102 Å².